The molecule has 0 atom stereocenters. The Hall–Kier alpha value is -1.85. The Morgan fingerprint density at radius 2 is 2.20 bits per heavy atom. The summed E-state index contributed by atoms with van der Waals surface area (Å²) in [6.07, 6.45) is 5.12. The molecule has 1 aromatic carbocycles. The van der Waals surface area contributed by atoms with Gasteiger partial charge in [-0.3, -0.25) is 9.98 Å². The Kier molecular flexibility index (Phi) is 4.76. The predicted molar refractivity (Wildman–Crippen MR) is 82.0 cm³/mol. The number of aliphatic hydroxyl groups excluding tert-OH is 1. The lowest BCUT2D eigenvalue weighted by Gasteiger charge is -2.07. The van der Waals surface area contributed by atoms with Gasteiger partial charge in [0, 0.05) is 28.4 Å². The van der Waals surface area contributed by atoms with E-state index in [1.807, 2.05) is 30.5 Å². The lowest BCUT2D eigenvalue weighted by atomic mass is 10.1. The fourth-order valence-corrected chi connectivity index (χ4v) is 2.21. The van der Waals surface area contributed by atoms with Crippen LogP contribution in [-0.2, 0) is 6.61 Å². The Morgan fingerprint density at radius 3 is 2.90 bits per heavy atom. The summed E-state index contributed by atoms with van der Waals surface area (Å²) in [6, 6.07) is 7.80. The first-order valence-electron chi connectivity index (χ1n) is 6.12. The molecule has 2 N–H and O–H groups in total. The van der Waals surface area contributed by atoms with Crippen molar-refractivity contribution in [3.63, 3.8) is 0 Å². The van der Waals surface area contributed by atoms with Crippen molar-refractivity contribution in [2.75, 3.05) is 6.26 Å². The molecule has 0 saturated carbocycles. The van der Waals surface area contributed by atoms with Crippen molar-refractivity contribution in [3.8, 4) is 5.75 Å². The molecule has 20 heavy (non-hydrogen) atoms. The van der Waals surface area contributed by atoms with E-state index in [4.69, 9.17) is 0 Å². The second-order valence-electron chi connectivity index (χ2n) is 4.25. The molecular weight excluding hydrogens is 272 g/mol. The molecule has 0 amide bonds. The second-order valence-corrected chi connectivity index (χ2v) is 5.13. The van der Waals surface area contributed by atoms with Crippen LogP contribution in [0.2, 0.25) is 0 Å². The third kappa shape index (κ3) is 3.18. The van der Waals surface area contributed by atoms with Gasteiger partial charge in [0.25, 0.3) is 0 Å². The number of thioether (sulfide) groups is 1. The largest absolute Gasteiger partial charge is 0.505 e. The molecule has 0 aliphatic carbocycles. The highest BCUT2D eigenvalue weighted by molar-refractivity contribution is 7.98. The predicted octanol–water partition coefficient (Wildman–Crippen LogP) is 3.06. The SMILES string of the molecule is CSc1cccc(N=Cc2c(CO)cnc(C)c2O)c1. The third-order valence-electron chi connectivity index (χ3n) is 2.92. The number of aliphatic imine (C=N–C) groups is 1. The van der Waals surface area contributed by atoms with E-state index in [9.17, 15) is 10.2 Å². The number of aliphatic hydroxyl groups is 1. The lowest BCUT2D eigenvalue weighted by molar-refractivity contribution is 0.280. The average Bonchev–Trinajstić information content (AvgIpc) is 2.49. The Morgan fingerprint density at radius 1 is 1.40 bits per heavy atom. The van der Waals surface area contributed by atoms with E-state index < -0.39 is 0 Å². The smallest absolute Gasteiger partial charge is 0.145 e. The van der Waals surface area contributed by atoms with Gasteiger partial charge in [-0.1, -0.05) is 6.07 Å². The topological polar surface area (TPSA) is 65.7 Å². The van der Waals surface area contributed by atoms with Crippen molar-refractivity contribution in [3.05, 3.63) is 47.3 Å². The number of nitrogens with zero attached hydrogens (tertiary/aromatic N) is 2. The number of rotatable bonds is 4. The van der Waals surface area contributed by atoms with Crippen molar-refractivity contribution in [1.29, 1.82) is 0 Å². The molecule has 0 bridgehead atoms. The maximum atomic E-state index is 10.0. The van der Waals surface area contributed by atoms with Gasteiger partial charge < -0.3 is 10.2 Å². The van der Waals surface area contributed by atoms with Crippen LogP contribution in [0.4, 0.5) is 5.69 Å². The molecule has 2 rings (SSSR count). The van der Waals surface area contributed by atoms with Crippen LogP contribution < -0.4 is 0 Å². The highest BCUT2D eigenvalue weighted by atomic mass is 32.2. The number of hydrogen-bond donors (Lipinski definition) is 2. The van der Waals surface area contributed by atoms with Crippen molar-refractivity contribution in [2.45, 2.75) is 18.4 Å². The molecule has 0 saturated heterocycles. The third-order valence-corrected chi connectivity index (χ3v) is 3.65. The molecule has 0 aliphatic heterocycles. The zero-order chi connectivity index (χ0) is 14.5. The number of aryl methyl sites for hydroxylation is 1. The molecule has 104 valence electrons. The number of benzene rings is 1. The Labute approximate surface area is 122 Å². The second kappa shape index (κ2) is 6.54. The van der Waals surface area contributed by atoms with Crippen LogP contribution in [0, 0.1) is 6.92 Å². The zero-order valence-corrected chi connectivity index (χ0v) is 12.2. The monoisotopic (exact) mass is 288 g/mol. The standard InChI is InChI=1S/C15H16N2O2S/c1-10-15(19)14(11(9-18)7-16-10)8-17-12-4-3-5-13(6-12)20-2/h3-8,18-19H,9H2,1-2H3. The first kappa shape index (κ1) is 14.6. The van der Waals surface area contributed by atoms with E-state index in [0.717, 1.165) is 10.6 Å². The van der Waals surface area contributed by atoms with Crippen LogP contribution >= 0.6 is 11.8 Å². The molecule has 4 nitrogen and oxygen atoms in total. The summed E-state index contributed by atoms with van der Waals surface area (Å²) in [4.78, 5) is 9.50. The summed E-state index contributed by atoms with van der Waals surface area (Å²) in [5.41, 5.74) is 2.38. The molecule has 0 aliphatic rings. The fraction of sp³-hybridized carbons (Fsp3) is 0.200. The molecule has 0 fully saturated rings. The summed E-state index contributed by atoms with van der Waals surface area (Å²) >= 11 is 1.64. The minimum atomic E-state index is -0.187. The minimum absolute atomic E-state index is 0.0568. The van der Waals surface area contributed by atoms with Crippen LogP contribution in [0.3, 0.4) is 0 Å². The molecule has 0 unspecified atom stereocenters. The van der Waals surface area contributed by atoms with Gasteiger partial charge in [0.15, 0.2) is 0 Å². The van der Waals surface area contributed by atoms with E-state index in [0.29, 0.717) is 16.8 Å². The highest BCUT2D eigenvalue weighted by Gasteiger charge is 2.09. The van der Waals surface area contributed by atoms with Gasteiger partial charge in [-0.15, -0.1) is 11.8 Å². The van der Waals surface area contributed by atoms with E-state index in [-0.39, 0.29) is 12.4 Å². The summed E-state index contributed by atoms with van der Waals surface area (Å²) in [5.74, 6) is 0.0568. The quantitative estimate of drug-likeness (QED) is 0.670. The Balaban J connectivity index is 2.37. The van der Waals surface area contributed by atoms with E-state index in [1.54, 1.807) is 31.1 Å². The first-order valence-corrected chi connectivity index (χ1v) is 7.34. The van der Waals surface area contributed by atoms with E-state index in [2.05, 4.69) is 9.98 Å². The number of aromatic nitrogens is 1. The number of aromatic hydroxyl groups is 1. The van der Waals surface area contributed by atoms with Crippen LogP contribution in [0.15, 0.2) is 40.4 Å². The molecule has 1 aromatic heterocycles. The van der Waals surface area contributed by atoms with Crippen LogP contribution in [0.25, 0.3) is 0 Å². The van der Waals surface area contributed by atoms with Gasteiger partial charge in [0.2, 0.25) is 0 Å². The van der Waals surface area contributed by atoms with Crippen LogP contribution in [-0.4, -0.2) is 27.7 Å². The number of hydrogen-bond acceptors (Lipinski definition) is 5. The van der Waals surface area contributed by atoms with Crippen LogP contribution in [0.5, 0.6) is 5.75 Å². The minimum Gasteiger partial charge on any atom is -0.505 e. The maximum absolute atomic E-state index is 10.0. The summed E-state index contributed by atoms with van der Waals surface area (Å²) in [6.45, 7) is 1.52. The lowest BCUT2D eigenvalue weighted by Crippen LogP contribution is -1.97. The van der Waals surface area contributed by atoms with Gasteiger partial charge in [-0.2, -0.15) is 0 Å². The van der Waals surface area contributed by atoms with Crippen LogP contribution in [0.1, 0.15) is 16.8 Å². The van der Waals surface area contributed by atoms with Gasteiger partial charge >= 0.3 is 0 Å². The van der Waals surface area contributed by atoms with Gasteiger partial charge in [0.1, 0.15) is 5.75 Å². The molecule has 2 aromatic rings. The van der Waals surface area contributed by atoms with Crippen molar-refractivity contribution >= 4 is 23.7 Å². The molecule has 5 heteroatoms. The van der Waals surface area contributed by atoms with Crippen molar-refractivity contribution in [2.24, 2.45) is 4.99 Å². The average molecular weight is 288 g/mol. The summed E-state index contributed by atoms with van der Waals surface area (Å²) < 4.78 is 0. The highest BCUT2D eigenvalue weighted by Crippen LogP contribution is 2.24. The normalized spacial score (nSPS) is 11.2. The van der Waals surface area contributed by atoms with Crippen molar-refractivity contribution in [1.82, 2.24) is 4.98 Å². The summed E-state index contributed by atoms with van der Waals surface area (Å²) in [7, 11) is 0. The number of pyridine rings is 1. The van der Waals surface area contributed by atoms with Crippen molar-refractivity contribution < 1.29 is 10.2 Å². The maximum Gasteiger partial charge on any atom is 0.145 e. The molecule has 0 radical (unpaired) electrons. The van der Waals surface area contributed by atoms with Gasteiger partial charge in [-0.05, 0) is 31.4 Å². The molecule has 0 spiro atoms. The fourth-order valence-electron chi connectivity index (χ4n) is 1.75. The van der Waals surface area contributed by atoms with Gasteiger partial charge in [-0.25, -0.2) is 0 Å². The first-order chi connectivity index (χ1) is 9.65. The van der Waals surface area contributed by atoms with E-state index in [1.165, 1.54) is 0 Å². The Bertz CT molecular complexity index is 642. The molecular formula is C15H16N2O2S. The van der Waals surface area contributed by atoms with Gasteiger partial charge in [0.05, 0.1) is 18.0 Å². The zero-order valence-electron chi connectivity index (χ0n) is 11.4. The molecule has 1 heterocycles. The summed E-state index contributed by atoms with van der Waals surface area (Å²) in [5, 5.41) is 19.3. The van der Waals surface area contributed by atoms with E-state index >= 15 is 0 Å².